The molecule has 0 aliphatic heterocycles. The summed E-state index contributed by atoms with van der Waals surface area (Å²) in [5.41, 5.74) is 0. The number of carboxylic acids is 1. The van der Waals surface area contributed by atoms with Gasteiger partial charge in [-0.1, -0.05) is 0 Å². The molecule has 6 nitrogen and oxygen atoms in total. The predicted molar refractivity (Wildman–Crippen MR) is 33.7 cm³/mol. The van der Waals surface area contributed by atoms with Gasteiger partial charge in [0.15, 0.2) is 11.6 Å². The number of hydrogen-bond donors (Lipinski definition) is 1. The van der Waals surface area contributed by atoms with Crippen molar-refractivity contribution in [2.24, 2.45) is 0 Å². The quantitative estimate of drug-likeness (QED) is 0.600. The summed E-state index contributed by atoms with van der Waals surface area (Å²) in [6, 6.07) is 0. The Morgan fingerprint density at radius 3 is 2.36 bits per heavy atom. The first-order valence-electron chi connectivity index (χ1n) is 2.93. The molecule has 0 amide bonds. The zero-order chi connectivity index (χ0) is 8.27. The molecule has 0 fully saturated rings. The third-order valence-electron chi connectivity index (χ3n) is 0.930. The second-order valence-electron chi connectivity index (χ2n) is 1.93. The fourth-order valence-corrected chi connectivity index (χ4v) is 0.506. The van der Waals surface area contributed by atoms with Gasteiger partial charge in [0.25, 0.3) is 0 Å². The molecule has 0 atom stereocenters. The van der Waals surface area contributed by atoms with Crippen LogP contribution in [0.2, 0.25) is 0 Å². The van der Waals surface area contributed by atoms with Crippen LogP contribution >= 0.6 is 0 Å². The highest BCUT2D eigenvalue weighted by Gasteiger charge is 2.03. The van der Waals surface area contributed by atoms with Gasteiger partial charge in [0, 0.05) is 0 Å². The molecule has 1 rings (SSSR count). The van der Waals surface area contributed by atoms with Gasteiger partial charge in [-0.05, 0) is 6.92 Å². The molecule has 6 heteroatoms. The van der Waals surface area contributed by atoms with E-state index in [1.54, 1.807) is 6.92 Å². The molecule has 1 aromatic heterocycles. The molecule has 58 valence electrons. The predicted octanol–water partition coefficient (Wildman–Crippen LogP) is -0.798. The number of aromatic nitrogens is 4. The lowest BCUT2D eigenvalue weighted by Gasteiger charge is -1.91. The number of nitrogens with zero attached hydrogens (tertiary/aromatic N) is 4. The van der Waals surface area contributed by atoms with E-state index < -0.39 is 5.97 Å². The van der Waals surface area contributed by atoms with Crippen LogP contribution in [-0.2, 0) is 11.2 Å². The van der Waals surface area contributed by atoms with Gasteiger partial charge < -0.3 is 5.11 Å². The molecule has 0 radical (unpaired) electrons. The summed E-state index contributed by atoms with van der Waals surface area (Å²) in [7, 11) is 0. The molecular weight excluding hydrogens is 148 g/mol. The van der Waals surface area contributed by atoms with Crippen molar-refractivity contribution >= 4 is 5.97 Å². The number of aliphatic carboxylic acids is 1. The first-order chi connectivity index (χ1) is 5.18. The van der Waals surface area contributed by atoms with E-state index >= 15 is 0 Å². The minimum atomic E-state index is -0.988. The number of aryl methyl sites for hydroxylation is 1. The van der Waals surface area contributed by atoms with Crippen LogP contribution < -0.4 is 0 Å². The monoisotopic (exact) mass is 154 g/mol. The normalized spacial score (nSPS) is 9.55. The summed E-state index contributed by atoms with van der Waals surface area (Å²) >= 11 is 0. The fourth-order valence-electron chi connectivity index (χ4n) is 0.506. The Balaban J connectivity index is 2.74. The second-order valence-corrected chi connectivity index (χ2v) is 1.93. The summed E-state index contributed by atoms with van der Waals surface area (Å²) in [4.78, 5) is 10.1. The first kappa shape index (κ1) is 7.52. The van der Waals surface area contributed by atoms with Gasteiger partial charge in [-0.3, -0.25) is 4.79 Å². The van der Waals surface area contributed by atoms with Gasteiger partial charge in [0.2, 0.25) is 0 Å². The molecule has 1 N–H and O–H groups in total. The Morgan fingerprint density at radius 2 is 1.91 bits per heavy atom. The van der Waals surface area contributed by atoms with Gasteiger partial charge in [-0.15, -0.1) is 20.4 Å². The standard InChI is InChI=1S/C5H6N4O2/c1-3-6-8-4(9-7-3)2-5(10)11/h2H2,1H3,(H,10,11). The van der Waals surface area contributed by atoms with Gasteiger partial charge >= 0.3 is 5.97 Å². The van der Waals surface area contributed by atoms with Gasteiger partial charge in [0.1, 0.15) is 6.42 Å². The van der Waals surface area contributed by atoms with Crippen molar-refractivity contribution in [2.45, 2.75) is 13.3 Å². The minimum Gasteiger partial charge on any atom is -0.481 e. The molecule has 11 heavy (non-hydrogen) atoms. The highest BCUT2D eigenvalue weighted by molar-refractivity contribution is 5.68. The Hall–Kier alpha value is -1.59. The lowest BCUT2D eigenvalue weighted by Crippen LogP contribution is -2.08. The van der Waals surface area contributed by atoms with Crippen molar-refractivity contribution in [2.75, 3.05) is 0 Å². The van der Waals surface area contributed by atoms with E-state index in [0.29, 0.717) is 5.82 Å². The van der Waals surface area contributed by atoms with E-state index in [1.807, 2.05) is 0 Å². The molecule has 0 saturated carbocycles. The van der Waals surface area contributed by atoms with Crippen LogP contribution in [0.5, 0.6) is 0 Å². The Bertz CT molecular complexity index is 258. The Labute approximate surface area is 62.3 Å². The molecule has 0 unspecified atom stereocenters. The maximum absolute atomic E-state index is 10.1. The van der Waals surface area contributed by atoms with Crippen LogP contribution in [0.3, 0.4) is 0 Å². The Kier molecular flexibility index (Phi) is 2.05. The average Bonchev–Trinajstić information content (AvgIpc) is 1.93. The molecule has 1 heterocycles. The summed E-state index contributed by atoms with van der Waals surface area (Å²) in [5, 5.41) is 22.4. The van der Waals surface area contributed by atoms with E-state index in [4.69, 9.17) is 5.11 Å². The van der Waals surface area contributed by atoms with E-state index in [2.05, 4.69) is 20.4 Å². The van der Waals surface area contributed by atoms with Crippen molar-refractivity contribution in [3.05, 3.63) is 11.6 Å². The van der Waals surface area contributed by atoms with E-state index in [0.717, 1.165) is 0 Å². The van der Waals surface area contributed by atoms with E-state index in [9.17, 15) is 4.79 Å². The maximum Gasteiger partial charge on any atom is 0.311 e. The van der Waals surface area contributed by atoms with E-state index in [1.165, 1.54) is 0 Å². The SMILES string of the molecule is Cc1nnc(CC(=O)O)nn1. The zero-order valence-electron chi connectivity index (χ0n) is 5.85. The van der Waals surface area contributed by atoms with Crippen molar-refractivity contribution in [3.63, 3.8) is 0 Å². The lowest BCUT2D eigenvalue weighted by molar-refractivity contribution is -0.136. The third kappa shape index (κ3) is 2.24. The van der Waals surface area contributed by atoms with Crippen LogP contribution in [0.15, 0.2) is 0 Å². The fraction of sp³-hybridized carbons (Fsp3) is 0.400. The molecule has 0 aliphatic rings. The molecule has 0 bridgehead atoms. The summed E-state index contributed by atoms with van der Waals surface area (Å²) in [6.45, 7) is 1.63. The minimum absolute atomic E-state index is 0.128. The average molecular weight is 154 g/mol. The van der Waals surface area contributed by atoms with Crippen molar-refractivity contribution in [1.82, 2.24) is 20.4 Å². The second kappa shape index (κ2) is 3.00. The van der Waals surface area contributed by atoms with Crippen LogP contribution in [0.1, 0.15) is 11.6 Å². The van der Waals surface area contributed by atoms with Crippen LogP contribution in [0.25, 0.3) is 0 Å². The molecule has 0 spiro atoms. The maximum atomic E-state index is 10.1. The first-order valence-corrected chi connectivity index (χ1v) is 2.93. The van der Waals surface area contributed by atoms with E-state index in [-0.39, 0.29) is 12.2 Å². The number of carboxylic acid groups (broad SMARTS) is 1. The Morgan fingerprint density at radius 1 is 1.36 bits per heavy atom. The molecule has 1 aromatic rings. The van der Waals surface area contributed by atoms with Crippen LogP contribution in [0, 0.1) is 6.92 Å². The summed E-state index contributed by atoms with van der Waals surface area (Å²) < 4.78 is 0. The van der Waals surface area contributed by atoms with Crippen LogP contribution in [0.4, 0.5) is 0 Å². The highest BCUT2D eigenvalue weighted by Crippen LogP contribution is 1.86. The number of carbonyl (C=O) groups is 1. The molecule has 0 aromatic carbocycles. The number of hydrogen-bond acceptors (Lipinski definition) is 5. The molecular formula is C5H6N4O2. The largest absolute Gasteiger partial charge is 0.481 e. The molecule has 0 saturated heterocycles. The lowest BCUT2D eigenvalue weighted by atomic mass is 10.4. The van der Waals surface area contributed by atoms with Crippen molar-refractivity contribution in [3.8, 4) is 0 Å². The van der Waals surface area contributed by atoms with Gasteiger partial charge in [-0.2, -0.15) is 0 Å². The highest BCUT2D eigenvalue weighted by atomic mass is 16.4. The zero-order valence-corrected chi connectivity index (χ0v) is 5.85. The third-order valence-corrected chi connectivity index (χ3v) is 0.930. The topological polar surface area (TPSA) is 88.9 Å². The molecule has 0 aliphatic carbocycles. The summed E-state index contributed by atoms with van der Waals surface area (Å²) in [6.07, 6.45) is -0.236. The van der Waals surface area contributed by atoms with Crippen LogP contribution in [-0.4, -0.2) is 31.5 Å². The van der Waals surface area contributed by atoms with Crippen molar-refractivity contribution < 1.29 is 9.90 Å². The smallest absolute Gasteiger partial charge is 0.311 e. The van der Waals surface area contributed by atoms with Gasteiger partial charge in [0.05, 0.1) is 0 Å². The van der Waals surface area contributed by atoms with Gasteiger partial charge in [-0.25, -0.2) is 0 Å². The summed E-state index contributed by atoms with van der Waals surface area (Å²) in [5.74, 6) is -0.431. The number of rotatable bonds is 2. The van der Waals surface area contributed by atoms with Crippen molar-refractivity contribution in [1.29, 1.82) is 0 Å².